The summed E-state index contributed by atoms with van der Waals surface area (Å²) in [5.74, 6) is 0.674. The van der Waals surface area contributed by atoms with Crippen molar-refractivity contribution in [2.24, 2.45) is 7.05 Å². The standard InChI is InChI=1S/C31H27FN6O/c1-36-17-23(16-35-36)22-12-28(27-6-3-9-33-29(27)13-22)21-7-8-30(34-15-21)37-18-25-14-26(19-37)38(25)31(39)11-20-4-2-5-24(32)10-20/h2-10,12-13,15-17,25-26H,11,14,18-19H2,1H3. The Balaban J connectivity index is 1.10. The Bertz CT molecular complexity index is 1690. The third-order valence-electron chi connectivity index (χ3n) is 7.87. The molecular formula is C31H27FN6O. The predicted molar refractivity (Wildman–Crippen MR) is 149 cm³/mol. The highest BCUT2D eigenvalue weighted by Crippen LogP contribution is 2.36. The van der Waals surface area contributed by atoms with Gasteiger partial charge in [0.15, 0.2) is 0 Å². The number of pyridine rings is 2. The van der Waals surface area contributed by atoms with Crippen molar-refractivity contribution in [2.75, 3.05) is 18.0 Å². The van der Waals surface area contributed by atoms with E-state index >= 15 is 0 Å². The maximum absolute atomic E-state index is 13.6. The van der Waals surface area contributed by atoms with E-state index in [4.69, 9.17) is 4.98 Å². The van der Waals surface area contributed by atoms with E-state index in [2.05, 4.69) is 45.3 Å². The smallest absolute Gasteiger partial charge is 0.227 e. The second-order valence-electron chi connectivity index (χ2n) is 10.5. The van der Waals surface area contributed by atoms with Gasteiger partial charge in [-0.3, -0.25) is 14.5 Å². The quantitative estimate of drug-likeness (QED) is 0.332. The molecule has 3 saturated heterocycles. The summed E-state index contributed by atoms with van der Waals surface area (Å²) in [6.45, 7) is 1.50. The second kappa shape index (κ2) is 9.31. The molecular weight excluding hydrogens is 491 g/mol. The molecule has 3 aliphatic rings. The molecule has 2 unspecified atom stereocenters. The molecule has 5 aromatic rings. The van der Waals surface area contributed by atoms with E-state index in [1.165, 1.54) is 12.1 Å². The summed E-state index contributed by atoms with van der Waals surface area (Å²) >= 11 is 0. The highest BCUT2D eigenvalue weighted by Gasteiger charge is 2.47. The number of benzene rings is 2. The number of piperidine rings is 1. The van der Waals surface area contributed by atoms with Gasteiger partial charge in [0, 0.05) is 55.2 Å². The van der Waals surface area contributed by atoms with Crippen LogP contribution in [0.2, 0.25) is 0 Å². The van der Waals surface area contributed by atoms with Crippen LogP contribution in [0.4, 0.5) is 10.2 Å². The van der Waals surface area contributed by atoms with Crippen LogP contribution in [0.5, 0.6) is 0 Å². The average molecular weight is 519 g/mol. The van der Waals surface area contributed by atoms with E-state index in [1.54, 1.807) is 16.8 Å². The van der Waals surface area contributed by atoms with E-state index < -0.39 is 0 Å². The molecule has 2 bridgehead atoms. The summed E-state index contributed by atoms with van der Waals surface area (Å²) in [4.78, 5) is 26.7. The van der Waals surface area contributed by atoms with Crippen molar-refractivity contribution in [2.45, 2.75) is 24.9 Å². The van der Waals surface area contributed by atoms with Gasteiger partial charge in [-0.1, -0.05) is 18.2 Å². The molecule has 2 atom stereocenters. The van der Waals surface area contributed by atoms with Crippen molar-refractivity contribution in [1.82, 2.24) is 24.6 Å². The van der Waals surface area contributed by atoms with Crippen molar-refractivity contribution in [3.05, 3.63) is 96.8 Å². The Morgan fingerprint density at radius 3 is 2.56 bits per heavy atom. The lowest BCUT2D eigenvalue weighted by atomic mass is 9.86. The SMILES string of the molecule is Cn1cc(-c2cc(-c3ccc(N4CC5CC(C4)N5C(=O)Cc4cccc(F)c4)nc3)c3cccnc3c2)cn1. The van der Waals surface area contributed by atoms with Gasteiger partial charge in [-0.05, 0) is 65.6 Å². The number of carbonyl (C=O) groups excluding carboxylic acids is 1. The molecule has 6 heterocycles. The molecule has 1 amide bonds. The first-order valence-corrected chi connectivity index (χ1v) is 13.2. The van der Waals surface area contributed by atoms with E-state index in [-0.39, 0.29) is 30.2 Å². The van der Waals surface area contributed by atoms with Crippen LogP contribution in [0.3, 0.4) is 0 Å². The molecule has 0 spiro atoms. The molecule has 0 radical (unpaired) electrons. The lowest BCUT2D eigenvalue weighted by molar-refractivity contribution is -0.145. The lowest BCUT2D eigenvalue weighted by Gasteiger charge is -2.56. The minimum absolute atomic E-state index is 0.0683. The molecule has 2 aromatic carbocycles. The Morgan fingerprint density at radius 1 is 0.949 bits per heavy atom. The van der Waals surface area contributed by atoms with Crippen molar-refractivity contribution < 1.29 is 9.18 Å². The van der Waals surface area contributed by atoms with Gasteiger partial charge < -0.3 is 9.80 Å². The molecule has 3 aromatic heterocycles. The van der Waals surface area contributed by atoms with Gasteiger partial charge in [-0.25, -0.2) is 9.37 Å². The van der Waals surface area contributed by atoms with Crippen LogP contribution in [-0.4, -0.2) is 55.7 Å². The molecule has 0 saturated carbocycles. The fraction of sp³-hybridized carbons (Fsp3) is 0.226. The lowest BCUT2D eigenvalue weighted by Crippen LogP contribution is -2.70. The molecule has 39 heavy (non-hydrogen) atoms. The Morgan fingerprint density at radius 2 is 1.82 bits per heavy atom. The third kappa shape index (κ3) is 4.31. The second-order valence-corrected chi connectivity index (χ2v) is 10.5. The summed E-state index contributed by atoms with van der Waals surface area (Å²) in [6, 6.07) is 19.1. The van der Waals surface area contributed by atoms with E-state index in [1.807, 2.05) is 42.8 Å². The maximum Gasteiger partial charge on any atom is 0.227 e. The van der Waals surface area contributed by atoms with Crippen LogP contribution >= 0.6 is 0 Å². The largest absolute Gasteiger partial charge is 0.352 e. The molecule has 0 N–H and O–H groups in total. The van der Waals surface area contributed by atoms with Crippen LogP contribution in [-0.2, 0) is 18.3 Å². The number of amides is 1. The third-order valence-corrected chi connectivity index (χ3v) is 7.87. The van der Waals surface area contributed by atoms with Crippen molar-refractivity contribution in [3.63, 3.8) is 0 Å². The minimum atomic E-state index is -0.308. The highest BCUT2D eigenvalue weighted by atomic mass is 19.1. The zero-order valence-electron chi connectivity index (χ0n) is 21.5. The fourth-order valence-electron chi connectivity index (χ4n) is 6.01. The number of carbonyl (C=O) groups is 1. The summed E-state index contributed by atoms with van der Waals surface area (Å²) in [5.41, 5.74) is 5.85. The maximum atomic E-state index is 13.6. The van der Waals surface area contributed by atoms with Gasteiger partial charge in [0.2, 0.25) is 5.91 Å². The summed E-state index contributed by atoms with van der Waals surface area (Å²) in [7, 11) is 1.91. The van der Waals surface area contributed by atoms with E-state index in [0.717, 1.165) is 64.0 Å². The molecule has 0 aliphatic carbocycles. The topological polar surface area (TPSA) is 67.2 Å². The van der Waals surface area contributed by atoms with Gasteiger partial charge in [-0.15, -0.1) is 0 Å². The minimum Gasteiger partial charge on any atom is -0.352 e. The molecule has 8 heteroatoms. The Hall–Kier alpha value is -4.59. The number of nitrogens with zero attached hydrogens (tertiary/aromatic N) is 6. The first-order chi connectivity index (χ1) is 19.0. The molecule has 8 rings (SSSR count). The first kappa shape index (κ1) is 23.5. The number of aromatic nitrogens is 4. The van der Waals surface area contributed by atoms with Gasteiger partial charge in [0.05, 0.1) is 30.2 Å². The zero-order valence-corrected chi connectivity index (χ0v) is 21.5. The van der Waals surface area contributed by atoms with Crippen LogP contribution in [0.25, 0.3) is 33.2 Å². The van der Waals surface area contributed by atoms with Crippen LogP contribution in [0, 0.1) is 5.82 Å². The molecule has 194 valence electrons. The fourth-order valence-corrected chi connectivity index (χ4v) is 6.01. The number of hydrogen-bond donors (Lipinski definition) is 0. The van der Waals surface area contributed by atoms with E-state index in [0.29, 0.717) is 0 Å². The summed E-state index contributed by atoms with van der Waals surface area (Å²) in [6.07, 6.45) is 8.85. The summed E-state index contributed by atoms with van der Waals surface area (Å²) < 4.78 is 15.4. The number of hydrogen-bond acceptors (Lipinski definition) is 5. The predicted octanol–water partition coefficient (Wildman–Crippen LogP) is 4.87. The number of halogens is 1. The van der Waals surface area contributed by atoms with Gasteiger partial charge in [-0.2, -0.15) is 5.10 Å². The van der Waals surface area contributed by atoms with E-state index in [9.17, 15) is 9.18 Å². The van der Waals surface area contributed by atoms with Gasteiger partial charge in [0.1, 0.15) is 11.6 Å². The summed E-state index contributed by atoms with van der Waals surface area (Å²) in [5, 5.41) is 5.40. The zero-order chi connectivity index (χ0) is 26.5. The van der Waals surface area contributed by atoms with Gasteiger partial charge in [0.25, 0.3) is 0 Å². The Kier molecular flexibility index (Phi) is 5.61. The van der Waals surface area contributed by atoms with Gasteiger partial charge >= 0.3 is 0 Å². The van der Waals surface area contributed by atoms with Crippen molar-refractivity contribution in [1.29, 1.82) is 0 Å². The van der Waals surface area contributed by atoms with Crippen LogP contribution in [0.15, 0.2) is 85.5 Å². The van der Waals surface area contributed by atoms with Crippen molar-refractivity contribution in [3.8, 4) is 22.3 Å². The highest BCUT2D eigenvalue weighted by molar-refractivity contribution is 5.98. The molecule has 7 nitrogen and oxygen atoms in total. The van der Waals surface area contributed by atoms with Crippen LogP contribution < -0.4 is 4.90 Å². The molecule has 3 fully saturated rings. The number of anilines is 1. The number of aryl methyl sites for hydroxylation is 1. The molecule has 3 aliphatic heterocycles. The first-order valence-electron chi connectivity index (χ1n) is 13.2. The number of fused-ring (bicyclic) bond motifs is 3. The Labute approximate surface area is 225 Å². The monoisotopic (exact) mass is 518 g/mol. The normalized spacial score (nSPS) is 18.3. The van der Waals surface area contributed by atoms with Crippen molar-refractivity contribution >= 4 is 22.6 Å². The average Bonchev–Trinajstić information content (AvgIpc) is 3.39. The number of piperazine rings is 1. The number of rotatable bonds is 5. The van der Waals surface area contributed by atoms with Crippen LogP contribution in [0.1, 0.15) is 12.0 Å².